The fourth-order valence-electron chi connectivity index (χ4n) is 2.17. The molecule has 0 amide bonds. The fraction of sp³-hybridized carbons (Fsp3) is 0.846. The summed E-state index contributed by atoms with van der Waals surface area (Å²) < 4.78 is 0. The zero-order valence-corrected chi connectivity index (χ0v) is 9.97. The van der Waals surface area contributed by atoms with Gasteiger partial charge in [-0.25, -0.2) is 0 Å². The van der Waals surface area contributed by atoms with Crippen molar-refractivity contribution in [2.45, 2.75) is 65.3 Å². The van der Waals surface area contributed by atoms with Gasteiger partial charge in [0.25, 0.3) is 0 Å². The lowest BCUT2D eigenvalue weighted by atomic mass is 9.84. The molecule has 1 atom stereocenters. The largest absolute Gasteiger partial charge is 0.324 e. The number of allylic oxidation sites excluding steroid dienone is 1. The van der Waals surface area contributed by atoms with Crippen LogP contribution in [0.4, 0.5) is 0 Å². The number of nitrogens with two attached hydrogens (primary N) is 1. The summed E-state index contributed by atoms with van der Waals surface area (Å²) in [5, 5.41) is 0. The van der Waals surface area contributed by atoms with Gasteiger partial charge in [-0.15, -0.1) is 0 Å². The third-order valence-corrected chi connectivity index (χ3v) is 2.88. The van der Waals surface area contributed by atoms with Gasteiger partial charge in [-0.05, 0) is 37.5 Å². The van der Waals surface area contributed by atoms with Gasteiger partial charge in [-0.2, -0.15) is 0 Å². The molecule has 14 heavy (non-hydrogen) atoms. The summed E-state index contributed by atoms with van der Waals surface area (Å²) in [6, 6.07) is 0.299. The lowest BCUT2D eigenvalue weighted by Gasteiger charge is -2.25. The van der Waals surface area contributed by atoms with Gasteiger partial charge in [0.1, 0.15) is 0 Å². The van der Waals surface area contributed by atoms with E-state index in [2.05, 4.69) is 26.8 Å². The Morgan fingerprint density at radius 1 is 1.29 bits per heavy atom. The topological polar surface area (TPSA) is 26.0 Å². The highest BCUT2D eigenvalue weighted by atomic mass is 14.6. The van der Waals surface area contributed by atoms with Crippen LogP contribution in [0.1, 0.15) is 59.3 Å². The molecule has 0 aliphatic heterocycles. The van der Waals surface area contributed by atoms with Crippen molar-refractivity contribution >= 4 is 0 Å². The minimum absolute atomic E-state index is 0.299. The first-order valence-corrected chi connectivity index (χ1v) is 5.93. The van der Waals surface area contributed by atoms with Crippen molar-refractivity contribution in [3.05, 3.63) is 11.6 Å². The van der Waals surface area contributed by atoms with Crippen LogP contribution in [0.25, 0.3) is 0 Å². The van der Waals surface area contributed by atoms with Gasteiger partial charge < -0.3 is 5.73 Å². The highest BCUT2D eigenvalue weighted by Crippen LogP contribution is 2.27. The molecular formula is C13H25N. The molecular weight excluding hydrogens is 170 g/mol. The summed E-state index contributed by atoms with van der Waals surface area (Å²) in [4.78, 5) is 0. The van der Waals surface area contributed by atoms with Crippen LogP contribution in [0.15, 0.2) is 11.6 Å². The lowest BCUT2D eigenvalue weighted by Crippen LogP contribution is -2.28. The van der Waals surface area contributed by atoms with E-state index in [0.717, 1.165) is 6.42 Å². The van der Waals surface area contributed by atoms with Crippen LogP contribution in [0.5, 0.6) is 0 Å². The van der Waals surface area contributed by atoms with Crippen LogP contribution in [0.2, 0.25) is 0 Å². The van der Waals surface area contributed by atoms with E-state index in [9.17, 15) is 0 Å². The smallest absolute Gasteiger partial charge is 0.0258 e. The third kappa shape index (κ3) is 4.28. The fourth-order valence-corrected chi connectivity index (χ4v) is 2.17. The second kappa shape index (κ2) is 4.97. The summed E-state index contributed by atoms with van der Waals surface area (Å²) in [7, 11) is 0. The molecule has 1 unspecified atom stereocenters. The van der Waals surface area contributed by atoms with Crippen molar-refractivity contribution in [3.8, 4) is 0 Å². The summed E-state index contributed by atoms with van der Waals surface area (Å²) in [5.74, 6) is 0. The zero-order valence-electron chi connectivity index (χ0n) is 9.97. The molecule has 1 heteroatoms. The third-order valence-electron chi connectivity index (χ3n) is 2.88. The van der Waals surface area contributed by atoms with Crippen molar-refractivity contribution in [2.75, 3.05) is 0 Å². The number of rotatable bonds is 2. The first-order valence-electron chi connectivity index (χ1n) is 5.93. The standard InChI is InChI=1S/C13H25N/c1-13(2,3)10-12(14)11-8-6-4-5-7-9-11/h8,12H,4-7,9-10,14H2,1-3H3. The maximum absolute atomic E-state index is 6.24. The molecule has 82 valence electrons. The second-order valence-electron chi connectivity index (χ2n) is 5.75. The van der Waals surface area contributed by atoms with Crippen LogP contribution < -0.4 is 5.73 Å². The Balaban J connectivity index is 2.50. The molecule has 0 spiro atoms. The highest BCUT2D eigenvalue weighted by molar-refractivity contribution is 5.11. The molecule has 1 aliphatic carbocycles. The zero-order chi connectivity index (χ0) is 10.6. The first-order chi connectivity index (χ1) is 6.49. The van der Waals surface area contributed by atoms with Gasteiger partial charge in [0, 0.05) is 6.04 Å². The lowest BCUT2D eigenvalue weighted by molar-refractivity contribution is 0.352. The first kappa shape index (κ1) is 11.8. The molecule has 0 aromatic carbocycles. The molecule has 0 saturated carbocycles. The average molecular weight is 195 g/mol. The van der Waals surface area contributed by atoms with E-state index in [4.69, 9.17) is 5.73 Å². The molecule has 1 rings (SSSR count). The van der Waals surface area contributed by atoms with Gasteiger partial charge in [0.05, 0.1) is 0 Å². The van der Waals surface area contributed by atoms with Gasteiger partial charge in [-0.1, -0.05) is 38.8 Å². The van der Waals surface area contributed by atoms with E-state index in [1.54, 1.807) is 0 Å². The van der Waals surface area contributed by atoms with Gasteiger partial charge >= 0.3 is 0 Å². The molecule has 0 radical (unpaired) electrons. The van der Waals surface area contributed by atoms with Crippen LogP contribution in [0.3, 0.4) is 0 Å². The van der Waals surface area contributed by atoms with Crippen molar-refractivity contribution < 1.29 is 0 Å². The Bertz CT molecular complexity index is 198. The Labute approximate surface area is 88.8 Å². The van der Waals surface area contributed by atoms with Crippen molar-refractivity contribution in [3.63, 3.8) is 0 Å². The highest BCUT2D eigenvalue weighted by Gasteiger charge is 2.18. The van der Waals surface area contributed by atoms with Crippen molar-refractivity contribution in [1.82, 2.24) is 0 Å². The normalized spacial score (nSPS) is 21.3. The van der Waals surface area contributed by atoms with Gasteiger partial charge in [0.2, 0.25) is 0 Å². The Morgan fingerprint density at radius 3 is 2.64 bits per heavy atom. The van der Waals surface area contributed by atoms with E-state index in [-0.39, 0.29) is 0 Å². The van der Waals surface area contributed by atoms with Crippen LogP contribution in [-0.4, -0.2) is 6.04 Å². The number of hydrogen-bond donors (Lipinski definition) is 1. The monoisotopic (exact) mass is 195 g/mol. The number of hydrogen-bond acceptors (Lipinski definition) is 1. The molecule has 0 aromatic rings. The van der Waals surface area contributed by atoms with E-state index in [0.29, 0.717) is 11.5 Å². The second-order valence-corrected chi connectivity index (χ2v) is 5.75. The maximum Gasteiger partial charge on any atom is 0.0258 e. The Morgan fingerprint density at radius 2 is 2.00 bits per heavy atom. The molecule has 2 N–H and O–H groups in total. The van der Waals surface area contributed by atoms with E-state index in [1.807, 2.05) is 0 Å². The molecule has 0 saturated heterocycles. The molecule has 0 bridgehead atoms. The Hall–Kier alpha value is -0.300. The molecule has 0 heterocycles. The minimum atomic E-state index is 0.299. The minimum Gasteiger partial charge on any atom is -0.324 e. The average Bonchev–Trinajstić information content (AvgIpc) is 2.27. The van der Waals surface area contributed by atoms with E-state index >= 15 is 0 Å². The van der Waals surface area contributed by atoms with Crippen molar-refractivity contribution in [2.24, 2.45) is 11.1 Å². The van der Waals surface area contributed by atoms with Crippen molar-refractivity contribution in [1.29, 1.82) is 0 Å². The van der Waals surface area contributed by atoms with Crippen LogP contribution >= 0.6 is 0 Å². The van der Waals surface area contributed by atoms with Gasteiger partial charge in [-0.3, -0.25) is 0 Å². The molecule has 1 aliphatic rings. The van der Waals surface area contributed by atoms with Crippen LogP contribution in [-0.2, 0) is 0 Å². The predicted octanol–water partition coefficient (Wildman–Crippen LogP) is 3.64. The summed E-state index contributed by atoms with van der Waals surface area (Å²) in [6.45, 7) is 6.80. The van der Waals surface area contributed by atoms with Gasteiger partial charge in [0.15, 0.2) is 0 Å². The van der Waals surface area contributed by atoms with Crippen LogP contribution in [0, 0.1) is 5.41 Å². The Kier molecular flexibility index (Phi) is 4.18. The summed E-state index contributed by atoms with van der Waals surface area (Å²) in [6.07, 6.45) is 10.0. The molecule has 0 fully saturated rings. The van der Waals surface area contributed by atoms with E-state index in [1.165, 1.54) is 37.7 Å². The maximum atomic E-state index is 6.24. The summed E-state index contributed by atoms with van der Waals surface area (Å²) in [5.41, 5.74) is 8.10. The quantitative estimate of drug-likeness (QED) is 0.669. The molecule has 1 nitrogen and oxygen atoms in total. The SMILES string of the molecule is CC(C)(C)CC(N)C1=CCCCCC1. The van der Waals surface area contributed by atoms with E-state index < -0.39 is 0 Å². The predicted molar refractivity (Wildman–Crippen MR) is 63.2 cm³/mol. The summed E-state index contributed by atoms with van der Waals surface area (Å²) >= 11 is 0. The molecule has 0 aromatic heterocycles.